The highest BCUT2D eigenvalue weighted by molar-refractivity contribution is 8.18. The molecular formula is C32H42N4O2S. The normalized spacial score (nSPS) is 23.9. The Morgan fingerprint density at radius 1 is 0.897 bits per heavy atom. The molecule has 7 heteroatoms. The van der Waals surface area contributed by atoms with E-state index in [0.29, 0.717) is 12.1 Å². The summed E-state index contributed by atoms with van der Waals surface area (Å²) in [4.78, 5) is 24.3. The summed E-state index contributed by atoms with van der Waals surface area (Å²) < 4.78 is 7.81. The third-order valence-corrected chi connectivity index (χ3v) is 9.88. The molecule has 39 heavy (non-hydrogen) atoms. The predicted octanol–water partition coefficient (Wildman–Crippen LogP) is 6.87. The molecule has 0 unspecified atom stereocenters. The summed E-state index contributed by atoms with van der Waals surface area (Å²) in [5.74, 6) is 0.154. The quantitative estimate of drug-likeness (QED) is 0.384. The molecule has 0 spiro atoms. The molecule has 2 saturated carbocycles. The van der Waals surface area contributed by atoms with Crippen molar-refractivity contribution in [3.8, 4) is 5.69 Å². The van der Waals surface area contributed by atoms with Crippen LogP contribution in [-0.4, -0.2) is 58.9 Å². The number of hydrogen-bond acceptors (Lipinski definition) is 5. The van der Waals surface area contributed by atoms with Crippen molar-refractivity contribution in [1.82, 2.24) is 9.47 Å². The topological polar surface area (TPSA) is 50.1 Å². The van der Waals surface area contributed by atoms with E-state index in [9.17, 15) is 4.79 Å². The van der Waals surface area contributed by atoms with Gasteiger partial charge in [-0.25, -0.2) is 0 Å². The lowest BCUT2D eigenvalue weighted by Gasteiger charge is -2.31. The molecule has 6 nitrogen and oxygen atoms in total. The number of benzene rings is 1. The summed E-state index contributed by atoms with van der Waals surface area (Å²) in [5.41, 5.74) is 5.85. The average molecular weight is 547 g/mol. The fourth-order valence-corrected chi connectivity index (χ4v) is 7.81. The molecule has 1 amide bonds. The van der Waals surface area contributed by atoms with Crippen molar-refractivity contribution in [2.45, 2.75) is 90.1 Å². The van der Waals surface area contributed by atoms with E-state index in [1.54, 1.807) is 11.8 Å². The minimum atomic E-state index is 0.154. The summed E-state index contributed by atoms with van der Waals surface area (Å²) >= 11 is 1.61. The lowest BCUT2D eigenvalue weighted by molar-refractivity contribution is -0.124. The van der Waals surface area contributed by atoms with Crippen molar-refractivity contribution in [3.05, 3.63) is 52.2 Å². The van der Waals surface area contributed by atoms with Gasteiger partial charge in [0.1, 0.15) is 0 Å². The Balaban J connectivity index is 1.27. The highest BCUT2D eigenvalue weighted by Gasteiger charge is 2.39. The summed E-state index contributed by atoms with van der Waals surface area (Å²) in [5, 5.41) is 0.956. The number of aromatic nitrogens is 1. The summed E-state index contributed by atoms with van der Waals surface area (Å²) in [6.07, 6.45) is 14.1. The lowest BCUT2D eigenvalue weighted by Crippen LogP contribution is -2.41. The summed E-state index contributed by atoms with van der Waals surface area (Å²) in [6, 6.07) is 11.7. The van der Waals surface area contributed by atoms with Crippen molar-refractivity contribution in [1.29, 1.82) is 0 Å². The van der Waals surface area contributed by atoms with Crippen LogP contribution in [0, 0.1) is 13.8 Å². The highest BCUT2D eigenvalue weighted by atomic mass is 32.2. The number of anilines is 1. The van der Waals surface area contributed by atoms with Crippen LogP contribution in [0.15, 0.2) is 40.2 Å². The zero-order valence-corrected chi connectivity index (χ0v) is 24.3. The Kier molecular flexibility index (Phi) is 8.17. The molecule has 2 aliphatic carbocycles. The number of ether oxygens (including phenoxy) is 1. The monoisotopic (exact) mass is 546 g/mol. The van der Waals surface area contributed by atoms with Crippen LogP contribution < -0.4 is 4.90 Å². The van der Waals surface area contributed by atoms with E-state index < -0.39 is 0 Å². The van der Waals surface area contributed by atoms with Crippen LogP contribution in [0.4, 0.5) is 5.69 Å². The molecule has 0 N–H and O–H groups in total. The second-order valence-electron chi connectivity index (χ2n) is 11.6. The van der Waals surface area contributed by atoms with E-state index >= 15 is 0 Å². The van der Waals surface area contributed by atoms with Gasteiger partial charge in [-0.05, 0) is 93.3 Å². The van der Waals surface area contributed by atoms with Crippen LogP contribution >= 0.6 is 11.8 Å². The second-order valence-corrected chi connectivity index (χ2v) is 12.6. The zero-order chi connectivity index (χ0) is 26.8. The Labute approximate surface area is 237 Å². The van der Waals surface area contributed by atoms with Gasteiger partial charge in [0.2, 0.25) is 0 Å². The van der Waals surface area contributed by atoms with Crippen LogP contribution in [0.5, 0.6) is 0 Å². The molecule has 2 aromatic rings. The third-order valence-electron chi connectivity index (χ3n) is 8.89. The van der Waals surface area contributed by atoms with Gasteiger partial charge >= 0.3 is 0 Å². The van der Waals surface area contributed by atoms with Gasteiger partial charge in [0.15, 0.2) is 5.17 Å². The fourth-order valence-electron chi connectivity index (χ4n) is 6.71. The van der Waals surface area contributed by atoms with Gasteiger partial charge in [-0.3, -0.25) is 14.7 Å². The van der Waals surface area contributed by atoms with Crippen molar-refractivity contribution < 1.29 is 9.53 Å². The predicted molar refractivity (Wildman–Crippen MR) is 162 cm³/mol. The summed E-state index contributed by atoms with van der Waals surface area (Å²) in [6.45, 7) is 7.77. The molecule has 6 rings (SSSR count). The van der Waals surface area contributed by atoms with E-state index in [1.165, 1.54) is 49.9 Å². The van der Waals surface area contributed by atoms with Crippen LogP contribution in [0.2, 0.25) is 0 Å². The van der Waals surface area contributed by atoms with Gasteiger partial charge in [-0.1, -0.05) is 38.5 Å². The Hall–Kier alpha value is -2.51. The SMILES string of the molecule is Cc1cc(/C=C2\SC(=NC3CCCCC3)N(C3CCCCC3)C2=O)c(C)n1-c1ccc(N2CCOCC2)cc1. The molecule has 2 aliphatic heterocycles. The first-order valence-electron chi connectivity index (χ1n) is 15.0. The largest absolute Gasteiger partial charge is 0.378 e. The maximum atomic E-state index is 13.9. The summed E-state index contributed by atoms with van der Waals surface area (Å²) in [7, 11) is 0. The number of hydrogen-bond donors (Lipinski definition) is 0. The van der Waals surface area contributed by atoms with E-state index in [-0.39, 0.29) is 5.91 Å². The maximum Gasteiger partial charge on any atom is 0.267 e. The first kappa shape index (κ1) is 26.7. The first-order chi connectivity index (χ1) is 19.1. The van der Waals surface area contributed by atoms with Gasteiger partial charge in [0.25, 0.3) is 5.91 Å². The number of morpholine rings is 1. The zero-order valence-electron chi connectivity index (χ0n) is 23.5. The van der Waals surface area contributed by atoms with Crippen molar-refractivity contribution in [2.75, 3.05) is 31.2 Å². The van der Waals surface area contributed by atoms with Crippen LogP contribution in [0.1, 0.15) is 81.2 Å². The van der Waals surface area contributed by atoms with E-state index in [0.717, 1.165) is 79.0 Å². The second kappa shape index (κ2) is 11.9. The van der Waals surface area contributed by atoms with Gasteiger partial charge in [-0.2, -0.15) is 0 Å². The van der Waals surface area contributed by atoms with Gasteiger partial charge in [0, 0.05) is 41.9 Å². The fraction of sp³-hybridized carbons (Fsp3) is 0.562. The highest BCUT2D eigenvalue weighted by Crippen LogP contribution is 2.39. The smallest absolute Gasteiger partial charge is 0.267 e. The van der Waals surface area contributed by atoms with Gasteiger partial charge < -0.3 is 14.2 Å². The van der Waals surface area contributed by atoms with Crippen LogP contribution in [0.25, 0.3) is 11.8 Å². The van der Waals surface area contributed by atoms with Crippen molar-refractivity contribution in [2.24, 2.45) is 4.99 Å². The van der Waals surface area contributed by atoms with Crippen molar-refractivity contribution in [3.63, 3.8) is 0 Å². The first-order valence-corrected chi connectivity index (χ1v) is 15.8. The number of rotatable bonds is 5. The Bertz CT molecular complexity index is 1230. The lowest BCUT2D eigenvalue weighted by atomic mass is 9.94. The van der Waals surface area contributed by atoms with Gasteiger partial charge in [0.05, 0.1) is 24.2 Å². The molecule has 208 valence electrons. The molecule has 2 saturated heterocycles. The van der Waals surface area contributed by atoms with Crippen molar-refractivity contribution >= 4 is 34.6 Å². The number of aryl methyl sites for hydroxylation is 1. The van der Waals surface area contributed by atoms with Crippen LogP contribution in [-0.2, 0) is 9.53 Å². The molecule has 4 fully saturated rings. The number of carbonyl (C=O) groups excluding carboxylic acids is 1. The van der Waals surface area contributed by atoms with E-state index in [1.807, 2.05) is 0 Å². The maximum absolute atomic E-state index is 13.9. The number of aliphatic imine (C=N–C) groups is 1. The molecule has 1 aromatic carbocycles. The number of nitrogens with zero attached hydrogens (tertiary/aromatic N) is 4. The molecule has 0 radical (unpaired) electrons. The molecule has 4 aliphatic rings. The Morgan fingerprint density at radius 2 is 1.54 bits per heavy atom. The molecular weight excluding hydrogens is 504 g/mol. The average Bonchev–Trinajstić information content (AvgIpc) is 3.43. The van der Waals surface area contributed by atoms with E-state index in [4.69, 9.17) is 9.73 Å². The van der Waals surface area contributed by atoms with Crippen LogP contribution in [0.3, 0.4) is 0 Å². The molecule has 3 heterocycles. The van der Waals surface area contributed by atoms with Gasteiger partial charge in [-0.15, -0.1) is 0 Å². The third kappa shape index (κ3) is 5.71. The van der Waals surface area contributed by atoms with E-state index in [2.05, 4.69) is 64.6 Å². The number of carbonyl (C=O) groups is 1. The number of amidine groups is 1. The molecule has 1 aromatic heterocycles. The number of thioether (sulfide) groups is 1. The Morgan fingerprint density at radius 3 is 2.23 bits per heavy atom. The number of amides is 1. The minimum Gasteiger partial charge on any atom is -0.378 e. The molecule has 0 atom stereocenters. The standard InChI is InChI=1S/C32H42N4O2S/c1-23-21-25(24(2)35(23)29-15-13-27(14-16-29)34-17-19-38-20-18-34)22-30-31(37)36(28-11-7-4-8-12-28)32(39-30)33-26-9-5-3-6-10-26/h13-16,21-22,26,28H,3-12,17-20H2,1-2H3/b30-22-,33-32?. The molecule has 0 bridgehead atoms. The minimum absolute atomic E-state index is 0.154.